The van der Waals surface area contributed by atoms with Crippen molar-refractivity contribution in [1.82, 2.24) is 0 Å². The van der Waals surface area contributed by atoms with Gasteiger partial charge in [0.1, 0.15) is 0 Å². The largest absolute Gasteiger partial charge is 0.323 e. The van der Waals surface area contributed by atoms with E-state index in [0.717, 1.165) is 15.5 Å². The van der Waals surface area contributed by atoms with Crippen LogP contribution >= 0.6 is 23.4 Å². The molecule has 0 saturated carbocycles. The van der Waals surface area contributed by atoms with Crippen molar-refractivity contribution in [1.29, 1.82) is 0 Å². The molecule has 0 spiro atoms. The van der Waals surface area contributed by atoms with E-state index >= 15 is 0 Å². The first-order valence-corrected chi connectivity index (χ1v) is 10.3. The van der Waals surface area contributed by atoms with E-state index in [1.54, 1.807) is 40.9 Å². The molecule has 5 nitrogen and oxygen atoms in total. The molecule has 0 aliphatic carbocycles. The van der Waals surface area contributed by atoms with Crippen LogP contribution < -0.4 is 15.5 Å². The van der Waals surface area contributed by atoms with Crippen molar-refractivity contribution in [3.05, 3.63) is 77.3 Å². The first-order chi connectivity index (χ1) is 14.1. The van der Waals surface area contributed by atoms with Crippen molar-refractivity contribution in [2.45, 2.75) is 16.7 Å². The molecule has 7 heteroatoms. The highest BCUT2D eigenvalue weighted by molar-refractivity contribution is 7.99. The number of benzene rings is 3. The smallest absolute Gasteiger partial charge is 0.308 e. The molecule has 4 rings (SSSR count). The average molecular weight is 424 g/mol. The third kappa shape index (κ3) is 3.95. The predicted octanol–water partition coefficient (Wildman–Crippen LogP) is 6.12. The fraction of sp³-hybridized carbons (Fsp3) is 0.0909. The van der Waals surface area contributed by atoms with Gasteiger partial charge in [0.15, 0.2) is 0 Å². The second kappa shape index (κ2) is 8.19. The van der Waals surface area contributed by atoms with Crippen LogP contribution in [0.2, 0.25) is 5.02 Å². The number of hydrogen-bond donors (Lipinski definition) is 2. The lowest BCUT2D eigenvalue weighted by molar-refractivity contribution is 0.0985. The monoisotopic (exact) mass is 423 g/mol. The number of nitrogens with one attached hydrogen (secondary N) is 2. The molecular formula is C22H18ClN3O2S. The van der Waals surface area contributed by atoms with Gasteiger partial charge >= 0.3 is 6.03 Å². The first kappa shape index (κ1) is 19.4. The van der Waals surface area contributed by atoms with Gasteiger partial charge in [-0.3, -0.25) is 4.79 Å². The van der Waals surface area contributed by atoms with Crippen LogP contribution in [0.15, 0.2) is 76.5 Å². The van der Waals surface area contributed by atoms with Crippen LogP contribution in [0.1, 0.15) is 17.3 Å². The number of halogens is 1. The molecule has 29 heavy (non-hydrogen) atoms. The summed E-state index contributed by atoms with van der Waals surface area (Å²) in [5.41, 5.74) is 2.57. The Bertz CT molecular complexity index is 1100. The summed E-state index contributed by atoms with van der Waals surface area (Å²) in [6, 6.07) is 19.8. The molecule has 1 aliphatic rings. The molecule has 0 bridgehead atoms. The van der Waals surface area contributed by atoms with Crippen molar-refractivity contribution in [3.63, 3.8) is 0 Å². The zero-order valence-electron chi connectivity index (χ0n) is 15.6. The number of urea groups is 1. The number of para-hydroxylation sites is 1. The van der Waals surface area contributed by atoms with Gasteiger partial charge in [-0.1, -0.05) is 47.6 Å². The molecule has 146 valence electrons. The van der Waals surface area contributed by atoms with Crippen molar-refractivity contribution in [3.8, 4) is 0 Å². The molecule has 3 aromatic carbocycles. The molecular weight excluding hydrogens is 406 g/mol. The highest BCUT2D eigenvalue weighted by Crippen LogP contribution is 2.42. The third-order valence-electron chi connectivity index (χ3n) is 4.53. The van der Waals surface area contributed by atoms with E-state index in [1.165, 1.54) is 0 Å². The molecule has 1 aliphatic heterocycles. The first-order valence-electron chi connectivity index (χ1n) is 9.12. The summed E-state index contributed by atoms with van der Waals surface area (Å²) < 4.78 is 0. The van der Waals surface area contributed by atoms with Crippen molar-refractivity contribution < 1.29 is 9.59 Å². The second-order valence-electron chi connectivity index (χ2n) is 6.39. The quantitative estimate of drug-likeness (QED) is 0.533. The molecule has 0 saturated heterocycles. The topological polar surface area (TPSA) is 61.4 Å². The molecule has 0 aromatic heterocycles. The van der Waals surface area contributed by atoms with Crippen LogP contribution in [-0.4, -0.2) is 18.5 Å². The Labute approximate surface area is 178 Å². The summed E-state index contributed by atoms with van der Waals surface area (Å²) in [5, 5.41) is 6.00. The molecule has 0 radical (unpaired) electrons. The number of rotatable bonds is 3. The highest BCUT2D eigenvalue weighted by atomic mass is 35.5. The molecule has 3 amide bonds. The standard InChI is InChI=1S/C22H18ClN3O2S/c1-2-26-18-13-14(24-22(28)25-17-9-5-4-8-16(17)23)11-12-20(18)29-19-10-6-3-7-15(19)21(26)27/h3-13H,2H2,1H3,(H2,24,25,28). The Morgan fingerprint density at radius 3 is 2.55 bits per heavy atom. The molecule has 1 heterocycles. The highest BCUT2D eigenvalue weighted by Gasteiger charge is 2.26. The Kier molecular flexibility index (Phi) is 5.47. The van der Waals surface area contributed by atoms with E-state index in [4.69, 9.17) is 11.6 Å². The lowest BCUT2D eigenvalue weighted by Gasteiger charge is -2.22. The van der Waals surface area contributed by atoms with Gasteiger partial charge in [0, 0.05) is 22.0 Å². The van der Waals surface area contributed by atoms with Crippen molar-refractivity contribution >= 4 is 52.4 Å². The van der Waals surface area contributed by atoms with Crippen molar-refractivity contribution in [2.24, 2.45) is 0 Å². The maximum atomic E-state index is 13.0. The zero-order valence-corrected chi connectivity index (χ0v) is 17.2. The number of carbonyl (C=O) groups excluding carboxylic acids is 2. The van der Waals surface area contributed by atoms with E-state index in [9.17, 15) is 9.59 Å². The van der Waals surface area contributed by atoms with E-state index in [1.807, 2.05) is 49.4 Å². The fourth-order valence-electron chi connectivity index (χ4n) is 3.16. The van der Waals surface area contributed by atoms with E-state index in [2.05, 4.69) is 10.6 Å². The van der Waals surface area contributed by atoms with Crippen molar-refractivity contribution in [2.75, 3.05) is 22.1 Å². The number of carbonyl (C=O) groups is 2. The number of amides is 3. The van der Waals surface area contributed by atoms with Crippen LogP contribution in [0.5, 0.6) is 0 Å². The maximum absolute atomic E-state index is 13.0. The minimum atomic E-state index is -0.406. The van der Waals surface area contributed by atoms with Crippen LogP contribution in [-0.2, 0) is 0 Å². The molecule has 3 aromatic rings. The Balaban J connectivity index is 1.61. The second-order valence-corrected chi connectivity index (χ2v) is 7.88. The average Bonchev–Trinajstić information content (AvgIpc) is 2.83. The van der Waals surface area contributed by atoms with Gasteiger partial charge in [0.05, 0.1) is 22.0 Å². The SMILES string of the molecule is CCN1C(=O)c2ccccc2Sc2ccc(NC(=O)Nc3ccccc3Cl)cc21. The molecule has 2 N–H and O–H groups in total. The van der Waals surface area contributed by atoms with Crippen LogP contribution in [0.4, 0.5) is 21.9 Å². The summed E-state index contributed by atoms with van der Waals surface area (Å²) in [6.45, 7) is 2.46. The summed E-state index contributed by atoms with van der Waals surface area (Å²) in [5.74, 6) is -0.0491. The number of anilines is 3. The number of nitrogens with zero attached hydrogens (tertiary/aromatic N) is 1. The van der Waals surface area contributed by atoms with Crippen LogP contribution in [0.3, 0.4) is 0 Å². The molecule has 0 atom stereocenters. The van der Waals surface area contributed by atoms with Gasteiger partial charge in [0.25, 0.3) is 5.91 Å². The number of fused-ring (bicyclic) bond motifs is 2. The normalized spacial score (nSPS) is 12.6. The van der Waals surface area contributed by atoms with Gasteiger partial charge in [-0.25, -0.2) is 4.79 Å². The van der Waals surface area contributed by atoms with E-state index in [-0.39, 0.29) is 5.91 Å². The summed E-state index contributed by atoms with van der Waals surface area (Å²) >= 11 is 7.64. The van der Waals surface area contributed by atoms with Gasteiger partial charge in [0.2, 0.25) is 0 Å². The lowest BCUT2D eigenvalue weighted by Crippen LogP contribution is -2.30. The fourth-order valence-corrected chi connectivity index (χ4v) is 4.40. The minimum absolute atomic E-state index is 0.0491. The summed E-state index contributed by atoms with van der Waals surface area (Å²) in [4.78, 5) is 29.0. The van der Waals surface area contributed by atoms with Gasteiger partial charge in [-0.2, -0.15) is 0 Å². The van der Waals surface area contributed by atoms with Crippen LogP contribution in [0, 0.1) is 0 Å². The van der Waals surface area contributed by atoms with Gasteiger partial charge in [-0.05, 0) is 49.4 Å². The zero-order chi connectivity index (χ0) is 20.4. The van der Waals surface area contributed by atoms with E-state index in [0.29, 0.717) is 28.5 Å². The molecule has 0 unspecified atom stereocenters. The van der Waals surface area contributed by atoms with Crippen LogP contribution in [0.25, 0.3) is 0 Å². The minimum Gasteiger partial charge on any atom is -0.308 e. The Morgan fingerprint density at radius 1 is 1.00 bits per heavy atom. The Morgan fingerprint density at radius 2 is 1.76 bits per heavy atom. The lowest BCUT2D eigenvalue weighted by atomic mass is 10.1. The predicted molar refractivity (Wildman–Crippen MR) is 118 cm³/mol. The van der Waals surface area contributed by atoms with E-state index < -0.39 is 6.03 Å². The Hall–Kier alpha value is -2.96. The molecule has 0 fully saturated rings. The third-order valence-corrected chi connectivity index (χ3v) is 6.00. The maximum Gasteiger partial charge on any atom is 0.323 e. The van der Waals surface area contributed by atoms with Gasteiger partial charge < -0.3 is 15.5 Å². The number of hydrogen-bond acceptors (Lipinski definition) is 3. The summed E-state index contributed by atoms with van der Waals surface area (Å²) in [7, 11) is 0. The summed E-state index contributed by atoms with van der Waals surface area (Å²) in [6.07, 6.45) is 0. The van der Waals surface area contributed by atoms with Gasteiger partial charge in [-0.15, -0.1) is 0 Å².